The van der Waals surface area contributed by atoms with Crippen molar-refractivity contribution in [2.24, 2.45) is 11.3 Å². The summed E-state index contributed by atoms with van der Waals surface area (Å²) in [6, 6.07) is 5.47. The van der Waals surface area contributed by atoms with Gasteiger partial charge in [0.1, 0.15) is 10.8 Å². The first-order valence-corrected chi connectivity index (χ1v) is 12.2. The maximum absolute atomic E-state index is 12.6. The lowest BCUT2D eigenvalue weighted by atomic mass is 9.72. The van der Waals surface area contributed by atoms with Crippen LogP contribution in [0, 0.1) is 18.3 Å². The van der Waals surface area contributed by atoms with Crippen LogP contribution in [0.5, 0.6) is 5.75 Å². The van der Waals surface area contributed by atoms with Gasteiger partial charge in [0.05, 0.1) is 19.3 Å². The minimum absolute atomic E-state index is 0.127. The Morgan fingerprint density at radius 3 is 2.69 bits per heavy atom. The van der Waals surface area contributed by atoms with E-state index in [1.165, 1.54) is 23.3 Å². The molecule has 32 heavy (non-hydrogen) atoms. The zero-order chi connectivity index (χ0) is 23.5. The van der Waals surface area contributed by atoms with Crippen LogP contribution < -0.4 is 10.1 Å². The molecule has 1 heterocycles. The van der Waals surface area contributed by atoms with Crippen molar-refractivity contribution in [3.8, 4) is 5.75 Å². The Balaban J connectivity index is 1.62. The van der Waals surface area contributed by atoms with Gasteiger partial charge in [0.15, 0.2) is 0 Å². The smallest absolute Gasteiger partial charge is 0.341 e. The number of benzene rings is 1. The molecule has 0 fully saturated rings. The summed E-state index contributed by atoms with van der Waals surface area (Å²) in [4.78, 5) is 26.3. The molecule has 0 aliphatic heterocycles. The number of amides is 1. The molecule has 1 aromatic carbocycles. The summed E-state index contributed by atoms with van der Waals surface area (Å²) in [6.07, 6.45) is 3.67. The molecule has 1 aromatic heterocycles. The van der Waals surface area contributed by atoms with E-state index in [1.807, 2.05) is 19.1 Å². The molecule has 0 radical (unpaired) electrons. The molecule has 0 bridgehead atoms. The highest BCUT2D eigenvalue weighted by Gasteiger charge is 2.34. The summed E-state index contributed by atoms with van der Waals surface area (Å²) >= 11 is 7.49. The van der Waals surface area contributed by atoms with Gasteiger partial charge in [0, 0.05) is 16.3 Å². The van der Waals surface area contributed by atoms with Gasteiger partial charge in [0.2, 0.25) is 5.91 Å². The predicted molar refractivity (Wildman–Crippen MR) is 130 cm³/mol. The number of ether oxygens (including phenoxy) is 2. The fraction of sp³-hybridized carbons (Fsp3) is 0.520. The molecule has 0 spiro atoms. The topological polar surface area (TPSA) is 64.6 Å². The fourth-order valence-corrected chi connectivity index (χ4v) is 5.67. The predicted octanol–water partition coefficient (Wildman–Crippen LogP) is 6.45. The van der Waals surface area contributed by atoms with Crippen molar-refractivity contribution in [1.82, 2.24) is 0 Å². The van der Waals surface area contributed by atoms with Crippen LogP contribution in [0.1, 0.15) is 66.4 Å². The number of halogens is 1. The Bertz CT molecular complexity index is 993. The minimum Gasteiger partial charge on any atom is -0.493 e. The van der Waals surface area contributed by atoms with Crippen LogP contribution in [0.15, 0.2) is 18.2 Å². The minimum atomic E-state index is -0.381. The van der Waals surface area contributed by atoms with Crippen LogP contribution in [0.4, 0.5) is 5.00 Å². The van der Waals surface area contributed by atoms with Gasteiger partial charge in [-0.2, -0.15) is 0 Å². The van der Waals surface area contributed by atoms with Crippen molar-refractivity contribution in [2.45, 2.75) is 59.8 Å². The SMILES string of the molecule is COC(=O)c1c(NC(=O)CCCOc2ccc(Cl)cc2C)sc2c1CC[C@@H](C(C)(C)C)C2. The van der Waals surface area contributed by atoms with Crippen LogP contribution in [0.2, 0.25) is 5.02 Å². The van der Waals surface area contributed by atoms with Crippen molar-refractivity contribution < 1.29 is 19.1 Å². The lowest BCUT2D eigenvalue weighted by Crippen LogP contribution is -2.26. The zero-order valence-electron chi connectivity index (χ0n) is 19.5. The lowest BCUT2D eigenvalue weighted by Gasteiger charge is -2.33. The number of hydrogen-bond donors (Lipinski definition) is 1. The molecule has 1 atom stereocenters. The van der Waals surface area contributed by atoms with Gasteiger partial charge in [0.25, 0.3) is 0 Å². The first-order chi connectivity index (χ1) is 15.1. The maximum Gasteiger partial charge on any atom is 0.341 e. The molecule has 5 nitrogen and oxygen atoms in total. The fourth-order valence-electron chi connectivity index (χ4n) is 4.11. The van der Waals surface area contributed by atoms with E-state index in [0.717, 1.165) is 36.1 Å². The molecule has 7 heteroatoms. The van der Waals surface area contributed by atoms with E-state index in [9.17, 15) is 9.59 Å². The van der Waals surface area contributed by atoms with Gasteiger partial charge in [-0.25, -0.2) is 4.79 Å². The summed E-state index contributed by atoms with van der Waals surface area (Å²) in [6.45, 7) is 9.13. The van der Waals surface area contributed by atoms with Crippen LogP contribution in [0.3, 0.4) is 0 Å². The Morgan fingerprint density at radius 1 is 1.28 bits per heavy atom. The molecule has 1 amide bonds. The summed E-state index contributed by atoms with van der Waals surface area (Å²) in [5.41, 5.74) is 2.74. The van der Waals surface area contributed by atoms with Gasteiger partial charge >= 0.3 is 5.97 Å². The molecule has 0 saturated carbocycles. The number of nitrogens with one attached hydrogen (secondary N) is 1. The third-order valence-electron chi connectivity index (χ3n) is 6.08. The van der Waals surface area contributed by atoms with E-state index in [0.29, 0.717) is 41.0 Å². The number of aryl methyl sites for hydroxylation is 1. The molecule has 0 saturated heterocycles. The number of anilines is 1. The number of thiophene rings is 1. The second-order valence-corrected chi connectivity index (χ2v) is 11.0. The summed E-state index contributed by atoms with van der Waals surface area (Å²) in [5, 5.41) is 4.24. The molecular formula is C25H32ClNO4S. The number of methoxy groups -OCH3 is 1. The van der Waals surface area contributed by atoms with E-state index in [1.54, 1.807) is 6.07 Å². The Hall–Kier alpha value is -2.05. The van der Waals surface area contributed by atoms with Crippen molar-refractivity contribution in [2.75, 3.05) is 19.0 Å². The third-order valence-corrected chi connectivity index (χ3v) is 7.48. The number of carbonyl (C=O) groups excluding carboxylic acids is 2. The monoisotopic (exact) mass is 477 g/mol. The number of esters is 1. The van der Waals surface area contributed by atoms with Crippen LogP contribution >= 0.6 is 22.9 Å². The van der Waals surface area contributed by atoms with Crippen molar-refractivity contribution >= 4 is 39.8 Å². The van der Waals surface area contributed by atoms with E-state index in [2.05, 4.69) is 26.1 Å². The highest BCUT2D eigenvalue weighted by atomic mass is 35.5. The van der Waals surface area contributed by atoms with E-state index in [4.69, 9.17) is 21.1 Å². The summed E-state index contributed by atoms with van der Waals surface area (Å²) < 4.78 is 10.8. The Morgan fingerprint density at radius 2 is 2.03 bits per heavy atom. The van der Waals surface area contributed by atoms with Gasteiger partial charge in [-0.15, -0.1) is 11.3 Å². The Kier molecular flexibility index (Phi) is 7.88. The summed E-state index contributed by atoms with van der Waals surface area (Å²) in [5.74, 6) is 0.810. The molecular weight excluding hydrogens is 446 g/mol. The van der Waals surface area contributed by atoms with E-state index in [-0.39, 0.29) is 17.3 Å². The number of carbonyl (C=O) groups is 2. The van der Waals surface area contributed by atoms with Gasteiger partial charge in [-0.3, -0.25) is 4.79 Å². The van der Waals surface area contributed by atoms with Crippen molar-refractivity contribution in [3.63, 3.8) is 0 Å². The molecule has 3 rings (SSSR count). The highest BCUT2D eigenvalue weighted by molar-refractivity contribution is 7.17. The van der Waals surface area contributed by atoms with Crippen LogP contribution in [0.25, 0.3) is 0 Å². The molecule has 174 valence electrons. The number of hydrogen-bond acceptors (Lipinski definition) is 5. The largest absolute Gasteiger partial charge is 0.493 e. The van der Waals surface area contributed by atoms with Gasteiger partial charge in [-0.05, 0) is 73.3 Å². The van der Waals surface area contributed by atoms with Gasteiger partial charge in [-0.1, -0.05) is 32.4 Å². The Labute approximate surface area is 199 Å². The second-order valence-electron chi connectivity index (χ2n) is 9.42. The lowest BCUT2D eigenvalue weighted by molar-refractivity contribution is -0.116. The molecule has 2 aromatic rings. The van der Waals surface area contributed by atoms with E-state index < -0.39 is 0 Å². The van der Waals surface area contributed by atoms with Gasteiger partial charge < -0.3 is 14.8 Å². The average molecular weight is 478 g/mol. The van der Waals surface area contributed by atoms with Crippen molar-refractivity contribution in [3.05, 3.63) is 44.8 Å². The molecule has 1 aliphatic carbocycles. The zero-order valence-corrected chi connectivity index (χ0v) is 21.0. The molecule has 1 aliphatic rings. The summed E-state index contributed by atoms with van der Waals surface area (Å²) in [7, 11) is 1.38. The number of fused-ring (bicyclic) bond motifs is 1. The van der Waals surface area contributed by atoms with Crippen LogP contribution in [-0.4, -0.2) is 25.6 Å². The van der Waals surface area contributed by atoms with Crippen LogP contribution in [-0.2, 0) is 22.4 Å². The second kappa shape index (κ2) is 10.3. The standard InChI is InChI=1S/C25H32ClNO4S/c1-15-13-17(26)9-11-19(15)31-12-6-7-21(28)27-23-22(24(29)30-5)18-10-8-16(25(2,3)4)14-20(18)32-23/h9,11,13,16H,6-8,10,12,14H2,1-5H3,(H,27,28)/t16-/m1/s1. The quantitative estimate of drug-likeness (QED) is 0.368. The average Bonchev–Trinajstić information content (AvgIpc) is 3.08. The first-order valence-electron chi connectivity index (χ1n) is 11.0. The third kappa shape index (κ3) is 5.84. The molecule has 1 N–H and O–H groups in total. The maximum atomic E-state index is 12.6. The van der Waals surface area contributed by atoms with Crippen molar-refractivity contribution in [1.29, 1.82) is 0 Å². The van der Waals surface area contributed by atoms with E-state index >= 15 is 0 Å². The first kappa shape index (κ1) is 24.6. The normalized spacial score (nSPS) is 15.8. The highest BCUT2D eigenvalue weighted by Crippen LogP contribution is 2.44. The number of rotatable bonds is 7. The molecule has 0 unspecified atom stereocenters.